The molecule has 1 aromatic rings. The summed E-state index contributed by atoms with van der Waals surface area (Å²) in [4.78, 5) is 11.3. The van der Waals surface area contributed by atoms with E-state index >= 15 is 0 Å². The van der Waals surface area contributed by atoms with Crippen molar-refractivity contribution in [1.82, 2.24) is 0 Å². The lowest BCUT2D eigenvalue weighted by molar-refractivity contribution is -0.331. The van der Waals surface area contributed by atoms with E-state index in [4.69, 9.17) is 0 Å². The van der Waals surface area contributed by atoms with Gasteiger partial charge in [0.2, 0.25) is 11.6 Å². The first-order valence-electron chi connectivity index (χ1n) is 5.42. The van der Waals surface area contributed by atoms with Crippen LogP contribution >= 0.6 is 0 Å². The van der Waals surface area contributed by atoms with Crippen LogP contribution in [0, 0.1) is 5.82 Å². The molecule has 23 heavy (non-hydrogen) atoms. The molecule has 0 saturated carbocycles. The zero-order valence-electron chi connectivity index (χ0n) is 10.5. The Balaban J connectivity index is 3.46. The Labute approximate surface area is 121 Å². The van der Waals surface area contributed by atoms with Crippen molar-refractivity contribution < 1.29 is 48.7 Å². The zero-order chi connectivity index (χ0) is 18.2. The molecule has 0 amide bonds. The van der Waals surface area contributed by atoms with Crippen molar-refractivity contribution in [2.75, 3.05) is 0 Å². The summed E-state index contributed by atoms with van der Waals surface area (Å²) in [6, 6.07) is 1.94. The maximum Gasteiger partial charge on any atom is 0.438 e. The second-order valence-electron chi connectivity index (χ2n) is 4.12. The molecule has 0 atom stereocenters. The van der Waals surface area contributed by atoms with Gasteiger partial charge in [-0.25, -0.2) is 13.2 Å². The molecule has 1 aromatic carbocycles. The second-order valence-corrected chi connectivity index (χ2v) is 4.12. The van der Waals surface area contributed by atoms with Crippen molar-refractivity contribution in [2.24, 2.45) is 0 Å². The third kappa shape index (κ3) is 3.32. The minimum atomic E-state index is -6.91. The van der Waals surface area contributed by atoms with Crippen molar-refractivity contribution in [3.63, 3.8) is 0 Å². The lowest BCUT2D eigenvalue weighted by Crippen LogP contribution is -2.54. The van der Waals surface area contributed by atoms with Gasteiger partial charge in [-0.3, -0.25) is 4.79 Å². The average Bonchev–Trinajstić information content (AvgIpc) is 2.42. The molecule has 0 bridgehead atoms. The lowest BCUT2D eigenvalue weighted by atomic mass is 9.99. The molecule has 0 saturated heterocycles. The Morgan fingerprint density at radius 1 is 0.783 bits per heavy atom. The highest BCUT2D eigenvalue weighted by Gasteiger charge is 2.76. The molecule has 0 N–H and O–H groups in total. The van der Waals surface area contributed by atoms with Gasteiger partial charge >= 0.3 is 18.0 Å². The number of carbonyl (C=O) groups is 1. The van der Waals surface area contributed by atoms with E-state index in [9.17, 15) is 48.7 Å². The van der Waals surface area contributed by atoms with Crippen LogP contribution in [0.4, 0.5) is 43.9 Å². The molecule has 0 heterocycles. The first-order valence-corrected chi connectivity index (χ1v) is 5.42. The SMILES string of the molecule is O=C(/C(F)=C(\F)C(F)(C(F)(F)F)C(F)(F)F)c1ccc(F)cc1. The molecule has 1 rings (SSSR count). The largest absolute Gasteiger partial charge is 0.438 e. The summed E-state index contributed by atoms with van der Waals surface area (Å²) in [6.45, 7) is 0. The Bertz CT molecular complexity index is 609. The van der Waals surface area contributed by atoms with Gasteiger partial charge in [-0.2, -0.15) is 30.7 Å². The molecule has 0 aromatic heterocycles. The molecular formula is C12H4F10O. The number of hydrogen-bond donors (Lipinski definition) is 0. The van der Waals surface area contributed by atoms with Gasteiger partial charge < -0.3 is 0 Å². The van der Waals surface area contributed by atoms with E-state index in [1.54, 1.807) is 0 Å². The molecule has 128 valence electrons. The van der Waals surface area contributed by atoms with Crippen LogP contribution in [0.1, 0.15) is 10.4 Å². The van der Waals surface area contributed by atoms with Crippen LogP contribution in [0.25, 0.3) is 0 Å². The van der Waals surface area contributed by atoms with Crippen molar-refractivity contribution in [3.05, 3.63) is 47.3 Å². The van der Waals surface area contributed by atoms with E-state index in [0.717, 1.165) is 0 Å². The average molecular weight is 354 g/mol. The second kappa shape index (κ2) is 5.85. The van der Waals surface area contributed by atoms with Gasteiger partial charge in [0.25, 0.3) is 0 Å². The Morgan fingerprint density at radius 2 is 1.17 bits per heavy atom. The number of rotatable bonds is 3. The third-order valence-electron chi connectivity index (χ3n) is 2.58. The number of carbonyl (C=O) groups excluding carboxylic acids is 1. The normalized spacial score (nSPS) is 14.5. The number of hydrogen-bond acceptors (Lipinski definition) is 1. The van der Waals surface area contributed by atoms with Gasteiger partial charge in [0.15, 0.2) is 5.83 Å². The van der Waals surface area contributed by atoms with Crippen LogP contribution < -0.4 is 0 Å². The molecule has 0 fully saturated rings. The summed E-state index contributed by atoms with van der Waals surface area (Å²) in [6.07, 6.45) is -13.8. The first kappa shape index (κ1) is 19.0. The molecular weight excluding hydrogens is 350 g/mol. The number of Topliss-reactive ketones (excluding diaryl/α,β-unsaturated/α-hetero) is 1. The Morgan fingerprint density at radius 3 is 1.52 bits per heavy atom. The van der Waals surface area contributed by atoms with E-state index in [0.29, 0.717) is 24.3 Å². The van der Waals surface area contributed by atoms with Gasteiger partial charge in [-0.15, -0.1) is 0 Å². The zero-order valence-corrected chi connectivity index (χ0v) is 10.5. The van der Waals surface area contributed by atoms with E-state index < -0.39 is 46.8 Å². The van der Waals surface area contributed by atoms with E-state index in [1.165, 1.54) is 0 Å². The molecule has 0 aliphatic heterocycles. The predicted molar refractivity (Wildman–Crippen MR) is 55.9 cm³/mol. The summed E-state index contributed by atoms with van der Waals surface area (Å²) in [5.74, 6) is -10.5. The maximum absolute atomic E-state index is 13.4. The summed E-state index contributed by atoms with van der Waals surface area (Å²) in [5, 5.41) is 0. The van der Waals surface area contributed by atoms with Gasteiger partial charge in [-0.05, 0) is 24.3 Å². The van der Waals surface area contributed by atoms with Crippen LogP contribution in [0.5, 0.6) is 0 Å². The number of halogens is 10. The minimum Gasteiger partial charge on any atom is -0.286 e. The van der Waals surface area contributed by atoms with Crippen LogP contribution in [-0.2, 0) is 0 Å². The van der Waals surface area contributed by atoms with Gasteiger partial charge in [0.1, 0.15) is 5.82 Å². The van der Waals surface area contributed by atoms with Crippen molar-refractivity contribution >= 4 is 5.78 Å². The summed E-state index contributed by atoms with van der Waals surface area (Å²) in [5.41, 5.74) is -7.68. The maximum atomic E-state index is 13.4. The molecule has 0 radical (unpaired) electrons. The van der Waals surface area contributed by atoms with Crippen molar-refractivity contribution in [2.45, 2.75) is 18.0 Å². The standard InChI is InChI=1S/C12H4F10O/c13-6-3-1-5(2-4-6)8(23)7(14)9(15)10(16,11(17,18)19)12(20,21)22/h1-4H/b9-7+. The number of ketones is 1. The van der Waals surface area contributed by atoms with Gasteiger partial charge in [-0.1, -0.05) is 0 Å². The highest BCUT2D eigenvalue weighted by Crippen LogP contribution is 2.52. The first-order chi connectivity index (χ1) is 10.2. The third-order valence-corrected chi connectivity index (χ3v) is 2.58. The number of benzene rings is 1. The van der Waals surface area contributed by atoms with Gasteiger partial charge in [0.05, 0.1) is 0 Å². The van der Waals surface area contributed by atoms with E-state index in [1.807, 2.05) is 0 Å². The predicted octanol–water partition coefficient (Wildman–Crippen LogP) is 4.99. The number of alkyl halides is 7. The van der Waals surface area contributed by atoms with E-state index in [2.05, 4.69) is 0 Å². The summed E-state index contributed by atoms with van der Waals surface area (Å²) in [7, 11) is 0. The fourth-order valence-corrected chi connectivity index (χ4v) is 1.39. The van der Waals surface area contributed by atoms with Gasteiger partial charge in [0, 0.05) is 5.56 Å². The topological polar surface area (TPSA) is 17.1 Å². The van der Waals surface area contributed by atoms with E-state index in [-0.39, 0.29) is 0 Å². The molecule has 0 spiro atoms. The fraction of sp³-hybridized carbons (Fsp3) is 0.250. The molecule has 1 nitrogen and oxygen atoms in total. The van der Waals surface area contributed by atoms with Crippen LogP contribution in [0.3, 0.4) is 0 Å². The molecule has 0 aliphatic carbocycles. The van der Waals surface area contributed by atoms with Crippen LogP contribution in [0.15, 0.2) is 35.9 Å². The van der Waals surface area contributed by atoms with Crippen molar-refractivity contribution in [3.8, 4) is 0 Å². The fourth-order valence-electron chi connectivity index (χ4n) is 1.39. The smallest absolute Gasteiger partial charge is 0.286 e. The Hall–Kier alpha value is -2.07. The molecule has 11 heteroatoms. The van der Waals surface area contributed by atoms with Crippen molar-refractivity contribution in [1.29, 1.82) is 0 Å². The summed E-state index contributed by atoms with van der Waals surface area (Å²) < 4.78 is 126. The molecule has 0 unspecified atom stereocenters. The number of allylic oxidation sites excluding steroid dienone is 2. The summed E-state index contributed by atoms with van der Waals surface area (Å²) >= 11 is 0. The van der Waals surface area contributed by atoms with Crippen LogP contribution in [0.2, 0.25) is 0 Å². The highest BCUT2D eigenvalue weighted by molar-refractivity contribution is 6.07. The highest BCUT2D eigenvalue weighted by atomic mass is 19.4. The van der Waals surface area contributed by atoms with Crippen LogP contribution in [-0.4, -0.2) is 23.8 Å². The Kier molecular flexibility index (Phi) is 4.83. The minimum absolute atomic E-state index is 0.464. The monoisotopic (exact) mass is 354 g/mol. The quantitative estimate of drug-likeness (QED) is 0.425. The molecule has 0 aliphatic rings. The lowest BCUT2D eigenvalue weighted by Gasteiger charge is -2.28.